The summed E-state index contributed by atoms with van der Waals surface area (Å²) in [4.78, 5) is 0. The predicted octanol–water partition coefficient (Wildman–Crippen LogP) is 4.32. The molecule has 0 saturated heterocycles. The Hall–Kier alpha value is -0.850. The molecule has 106 valence electrons. The van der Waals surface area contributed by atoms with Gasteiger partial charge in [0.05, 0.1) is 17.6 Å². The Labute approximate surface area is 133 Å². The minimum Gasteiger partial charge on any atom is -0.220 e. The summed E-state index contributed by atoms with van der Waals surface area (Å²) in [6, 6.07) is 9.99. The van der Waals surface area contributed by atoms with Gasteiger partial charge in [-0.3, -0.25) is 0 Å². The van der Waals surface area contributed by atoms with Gasteiger partial charge in [0.25, 0.3) is 0 Å². The molecule has 1 heterocycles. The fourth-order valence-electron chi connectivity index (χ4n) is 1.55. The fraction of sp³-hybridized carbons (Fsp3) is 0.357. The number of hydrogen-bond acceptors (Lipinski definition) is 5. The smallest absolute Gasteiger partial charge is 0.104 e. The summed E-state index contributed by atoms with van der Waals surface area (Å²) in [5, 5.41) is 8.33. The zero-order chi connectivity index (χ0) is 14.2. The monoisotopic (exact) mass is 323 g/mol. The molecular formula is C14H17N3S3. The van der Waals surface area contributed by atoms with Crippen molar-refractivity contribution in [3.05, 3.63) is 42.2 Å². The Morgan fingerprint density at radius 1 is 1.25 bits per heavy atom. The van der Waals surface area contributed by atoms with E-state index in [2.05, 4.69) is 17.2 Å². The van der Waals surface area contributed by atoms with Crippen molar-refractivity contribution in [1.82, 2.24) is 15.0 Å². The summed E-state index contributed by atoms with van der Waals surface area (Å²) in [7, 11) is 0. The number of nitrogens with zero attached hydrogens (tertiary/aromatic N) is 3. The van der Waals surface area contributed by atoms with Gasteiger partial charge in [0.15, 0.2) is 0 Å². The second-order valence-corrected chi connectivity index (χ2v) is 7.50. The molecule has 0 atom stereocenters. The van der Waals surface area contributed by atoms with Crippen molar-refractivity contribution in [1.29, 1.82) is 0 Å². The number of para-hydroxylation sites is 1. The number of benzene rings is 1. The van der Waals surface area contributed by atoms with Crippen molar-refractivity contribution in [3.63, 3.8) is 0 Å². The minimum atomic E-state index is 0.783. The Bertz CT molecular complexity index is 540. The molecule has 1 aromatic heterocycles. The Morgan fingerprint density at radius 3 is 2.80 bits per heavy atom. The molecule has 0 amide bonds. The maximum absolute atomic E-state index is 5.34. The van der Waals surface area contributed by atoms with Gasteiger partial charge in [0, 0.05) is 5.75 Å². The quantitative estimate of drug-likeness (QED) is 0.584. The number of thioether (sulfide) groups is 2. The third kappa shape index (κ3) is 4.92. The van der Waals surface area contributed by atoms with E-state index in [1.807, 2.05) is 36.5 Å². The number of unbranched alkanes of at least 4 members (excludes halogenated alkanes) is 1. The molecule has 20 heavy (non-hydrogen) atoms. The van der Waals surface area contributed by atoms with Crippen molar-refractivity contribution >= 4 is 39.3 Å². The summed E-state index contributed by atoms with van der Waals surface area (Å²) in [5.41, 5.74) is 1.98. The molecule has 0 N–H and O–H groups in total. The van der Waals surface area contributed by atoms with Gasteiger partial charge in [-0.25, -0.2) is 4.68 Å². The molecule has 0 bridgehead atoms. The molecule has 0 saturated carbocycles. The summed E-state index contributed by atoms with van der Waals surface area (Å²) >= 11 is 8.77. The number of aromatic nitrogens is 3. The molecule has 2 rings (SSSR count). The molecule has 0 aliphatic heterocycles. The zero-order valence-electron chi connectivity index (χ0n) is 11.4. The van der Waals surface area contributed by atoms with Crippen LogP contribution in [0.5, 0.6) is 0 Å². The van der Waals surface area contributed by atoms with Crippen LogP contribution < -0.4 is 0 Å². The van der Waals surface area contributed by atoms with E-state index in [-0.39, 0.29) is 0 Å². The van der Waals surface area contributed by atoms with Gasteiger partial charge in [0.2, 0.25) is 0 Å². The molecule has 0 aliphatic rings. The average molecular weight is 324 g/mol. The molecule has 6 heteroatoms. The summed E-state index contributed by atoms with van der Waals surface area (Å²) in [5.74, 6) is 1.89. The molecule has 2 aromatic rings. The highest BCUT2D eigenvalue weighted by Crippen LogP contribution is 2.22. The molecular weight excluding hydrogens is 306 g/mol. The van der Waals surface area contributed by atoms with E-state index in [0.29, 0.717) is 0 Å². The van der Waals surface area contributed by atoms with Crippen LogP contribution in [0.25, 0.3) is 5.69 Å². The third-order valence-electron chi connectivity index (χ3n) is 2.62. The standard InChI is InChI=1S/C14H17N3S3/c1-2-3-9-19-14(18)20-11-12-10-17(16-15-12)13-7-5-4-6-8-13/h4-8,10H,2-3,9,11H2,1H3. The van der Waals surface area contributed by atoms with Crippen LogP contribution in [0.4, 0.5) is 0 Å². The highest BCUT2D eigenvalue weighted by molar-refractivity contribution is 8.46. The largest absolute Gasteiger partial charge is 0.220 e. The van der Waals surface area contributed by atoms with Crippen LogP contribution in [-0.4, -0.2) is 24.3 Å². The van der Waals surface area contributed by atoms with Gasteiger partial charge < -0.3 is 0 Å². The van der Waals surface area contributed by atoms with Crippen LogP contribution in [-0.2, 0) is 5.75 Å². The van der Waals surface area contributed by atoms with E-state index in [9.17, 15) is 0 Å². The van der Waals surface area contributed by atoms with Crippen molar-refractivity contribution in [2.75, 3.05) is 5.75 Å². The molecule has 0 fully saturated rings. The van der Waals surface area contributed by atoms with E-state index in [0.717, 1.165) is 26.4 Å². The normalized spacial score (nSPS) is 10.7. The lowest BCUT2D eigenvalue weighted by atomic mass is 10.3. The van der Waals surface area contributed by atoms with Crippen LogP contribution in [0.15, 0.2) is 36.5 Å². The van der Waals surface area contributed by atoms with E-state index in [4.69, 9.17) is 12.2 Å². The van der Waals surface area contributed by atoms with Crippen LogP contribution in [0, 0.1) is 0 Å². The van der Waals surface area contributed by atoms with Crippen molar-refractivity contribution in [2.45, 2.75) is 25.5 Å². The first-order valence-corrected chi connectivity index (χ1v) is 8.93. The van der Waals surface area contributed by atoms with Gasteiger partial charge in [-0.1, -0.05) is 49.0 Å². The van der Waals surface area contributed by atoms with E-state index in [1.54, 1.807) is 28.2 Å². The summed E-state index contributed by atoms with van der Waals surface area (Å²) < 4.78 is 2.79. The van der Waals surface area contributed by atoms with E-state index < -0.39 is 0 Å². The maximum Gasteiger partial charge on any atom is 0.104 e. The second kappa shape index (κ2) is 8.44. The van der Waals surface area contributed by atoms with Gasteiger partial charge in [-0.2, -0.15) is 0 Å². The van der Waals surface area contributed by atoms with Crippen molar-refractivity contribution in [3.8, 4) is 5.69 Å². The summed E-state index contributed by atoms with van der Waals surface area (Å²) in [6.45, 7) is 2.19. The molecule has 0 unspecified atom stereocenters. The number of rotatable bonds is 6. The van der Waals surface area contributed by atoms with Crippen LogP contribution in [0.1, 0.15) is 25.5 Å². The topological polar surface area (TPSA) is 30.7 Å². The summed E-state index contributed by atoms with van der Waals surface area (Å²) in [6.07, 6.45) is 4.39. The maximum atomic E-state index is 5.34. The average Bonchev–Trinajstić information content (AvgIpc) is 2.95. The number of hydrogen-bond donors (Lipinski definition) is 0. The van der Waals surface area contributed by atoms with E-state index in [1.165, 1.54) is 12.8 Å². The predicted molar refractivity (Wildman–Crippen MR) is 92.6 cm³/mol. The first-order chi connectivity index (χ1) is 9.79. The molecule has 1 aromatic carbocycles. The lowest BCUT2D eigenvalue weighted by Crippen LogP contribution is -1.93. The lowest BCUT2D eigenvalue weighted by molar-refractivity contribution is 0.800. The van der Waals surface area contributed by atoms with Crippen LogP contribution >= 0.6 is 35.7 Å². The third-order valence-corrected chi connectivity index (χ3v) is 5.44. The molecule has 0 spiro atoms. The van der Waals surface area contributed by atoms with Gasteiger partial charge in [-0.05, 0) is 24.3 Å². The zero-order valence-corrected chi connectivity index (χ0v) is 13.8. The van der Waals surface area contributed by atoms with Gasteiger partial charge in [-0.15, -0.1) is 28.6 Å². The SMILES string of the molecule is CCCCSC(=S)SCc1cn(-c2ccccc2)nn1. The van der Waals surface area contributed by atoms with Crippen molar-refractivity contribution < 1.29 is 0 Å². The lowest BCUT2D eigenvalue weighted by Gasteiger charge is -2.00. The van der Waals surface area contributed by atoms with Crippen LogP contribution in [0.2, 0.25) is 0 Å². The Morgan fingerprint density at radius 2 is 2.05 bits per heavy atom. The van der Waals surface area contributed by atoms with Crippen LogP contribution in [0.3, 0.4) is 0 Å². The number of thiocarbonyl (C=S) groups is 1. The van der Waals surface area contributed by atoms with Crippen molar-refractivity contribution in [2.24, 2.45) is 0 Å². The first-order valence-electron chi connectivity index (χ1n) is 6.56. The first kappa shape index (κ1) is 15.5. The molecule has 0 aliphatic carbocycles. The fourth-order valence-corrected chi connectivity index (χ4v) is 3.73. The molecule has 0 radical (unpaired) electrons. The van der Waals surface area contributed by atoms with Gasteiger partial charge in [0.1, 0.15) is 3.53 Å². The highest BCUT2D eigenvalue weighted by Gasteiger charge is 2.05. The Balaban J connectivity index is 1.83. The minimum absolute atomic E-state index is 0.783. The van der Waals surface area contributed by atoms with Gasteiger partial charge >= 0.3 is 0 Å². The van der Waals surface area contributed by atoms with E-state index >= 15 is 0 Å². The highest BCUT2D eigenvalue weighted by atomic mass is 32.2. The Kier molecular flexibility index (Phi) is 6.56. The second-order valence-electron chi connectivity index (χ2n) is 4.23. The molecule has 3 nitrogen and oxygen atoms in total.